The van der Waals surface area contributed by atoms with Crippen LogP contribution in [0.3, 0.4) is 0 Å². The zero-order valence-electron chi connectivity index (χ0n) is 20.6. The number of hydrogen-bond acceptors (Lipinski definition) is 4. The lowest BCUT2D eigenvalue weighted by molar-refractivity contribution is 0.0856. The molecule has 7 nitrogen and oxygen atoms in total. The summed E-state index contributed by atoms with van der Waals surface area (Å²) in [6.45, 7) is 2.05. The summed E-state index contributed by atoms with van der Waals surface area (Å²) in [5.41, 5.74) is 12.0. The van der Waals surface area contributed by atoms with Crippen molar-refractivity contribution in [3.05, 3.63) is 65.1 Å². The zero-order chi connectivity index (χ0) is 25.7. The number of halogens is 2. The van der Waals surface area contributed by atoms with Crippen LogP contribution in [0.5, 0.6) is 0 Å². The summed E-state index contributed by atoms with van der Waals surface area (Å²) >= 11 is 0. The van der Waals surface area contributed by atoms with Gasteiger partial charge in [0, 0.05) is 72.6 Å². The fourth-order valence-electron chi connectivity index (χ4n) is 5.84. The van der Waals surface area contributed by atoms with Crippen molar-refractivity contribution in [1.29, 1.82) is 0 Å². The molecule has 0 saturated carbocycles. The Morgan fingerprint density at radius 3 is 2.73 bits per heavy atom. The maximum absolute atomic E-state index is 14.3. The van der Waals surface area contributed by atoms with E-state index >= 15 is 0 Å². The number of carbonyl (C=O) groups excluding carboxylic acids is 1. The molecule has 1 saturated heterocycles. The number of amides is 1. The molecule has 37 heavy (non-hydrogen) atoms. The molecule has 0 radical (unpaired) electrons. The van der Waals surface area contributed by atoms with Crippen LogP contribution >= 0.6 is 0 Å². The van der Waals surface area contributed by atoms with Crippen LogP contribution in [0, 0.1) is 0 Å². The normalized spacial score (nSPS) is 16.5. The maximum atomic E-state index is 14.3. The molecule has 2 aliphatic rings. The van der Waals surface area contributed by atoms with Gasteiger partial charge in [-0.15, -0.1) is 0 Å². The molecular formula is C28H29F2N5O2. The number of benzene rings is 2. The van der Waals surface area contributed by atoms with E-state index in [4.69, 9.17) is 10.5 Å². The van der Waals surface area contributed by atoms with Crippen LogP contribution < -0.4 is 10.6 Å². The molecule has 0 bridgehead atoms. The van der Waals surface area contributed by atoms with Crippen molar-refractivity contribution in [3.8, 4) is 11.1 Å². The molecule has 3 N–H and O–H groups in total. The van der Waals surface area contributed by atoms with Gasteiger partial charge in [-0.05, 0) is 72.6 Å². The third-order valence-corrected chi connectivity index (χ3v) is 7.66. The molecule has 192 valence electrons. The molecule has 0 aliphatic carbocycles. The number of carbonyl (C=O) groups is 1. The van der Waals surface area contributed by atoms with Crippen LogP contribution in [0.15, 0.2) is 42.9 Å². The summed E-state index contributed by atoms with van der Waals surface area (Å²) < 4.78 is 35.8. The Kier molecular flexibility index (Phi) is 5.95. The molecule has 0 unspecified atom stereocenters. The summed E-state index contributed by atoms with van der Waals surface area (Å²) in [5.74, 6) is -0.231. The van der Waals surface area contributed by atoms with E-state index in [1.54, 1.807) is 36.4 Å². The molecule has 6 rings (SSSR count). The van der Waals surface area contributed by atoms with Gasteiger partial charge in [-0.2, -0.15) is 5.10 Å². The van der Waals surface area contributed by atoms with Crippen LogP contribution in [-0.4, -0.2) is 40.4 Å². The second kappa shape index (κ2) is 9.30. The first kappa shape index (κ1) is 23.7. The Balaban J connectivity index is 1.52. The Bertz CT molecular complexity index is 1490. The van der Waals surface area contributed by atoms with Crippen LogP contribution in [0.1, 0.15) is 58.7 Å². The number of aryl methyl sites for hydroxylation is 2. The van der Waals surface area contributed by atoms with Crippen LogP contribution in [0.4, 0.5) is 20.2 Å². The molecule has 1 fully saturated rings. The van der Waals surface area contributed by atoms with Crippen molar-refractivity contribution in [1.82, 2.24) is 14.8 Å². The minimum atomic E-state index is -2.63. The third-order valence-electron chi connectivity index (χ3n) is 7.66. The number of H-pyrrole nitrogens is 1. The monoisotopic (exact) mass is 505 g/mol. The predicted octanol–water partition coefficient (Wildman–Crippen LogP) is 5.58. The topological polar surface area (TPSA) is 89.2 Å². The summed E-state index contributed by atoms with van der Waals surface area (Å²) in [7, 11) is 1.78. The van der Waals surface area contributed by atoms with E-state index < -0.39 is 12.3 Å². The lowest BCUT2D eigenvalue weighted by atomic mass is 9.88. The van der Waals surface area contributed by atoms with Crippen molar-refractivity contribution in [2.45, 2.75) is 38.0 Å². The van der Waals surface area contributed by atoms with Gasteiger partial charge >= 0.3 is 0 Å². The van der Waals surface area contributed by atoms with Crippen LogP contribution in [0.25, 0.3) is 22.0 Å². The van der Waals surface area contributed by atoms with Gasteiger partial charge in [0.05, 0.1) is 11.8 Å². The summed E-state index contributed by atoms with van der Waals surface area (Å²) in [5, 5.41) is 4.94. The molecule has 2 aliphatic heterocycles. The molecule has 4 aromatic rings. The van der Waals surface area contributed by atoms with Crippen molar-refractivity contribution in [2.75, 3.05) is 24.7 Å². The maximum Gasteiger partial charge on any atom is 0.264 e. The molecule has 4 heterocycles. The lowest BCUT2D eigenvalue weighted by Crippen LogP contribution is -2.25. The fraction of sp³-hybridized carbons (Fsp3) is 0.357. The second-order valence-corrected chi connectivity index (χ2v) is 9.94. The van der Waals surface area contributed by atoms with E-state index in [9.17, 15) is 13.6 Å². The van der Waals surface area contributed by atoms with Crippen LogP contribution in [0.2, 0.25) is 0 Å². The Morgan fingerprint density at radius 2 is 2.03 bits per heavy atom. The summed E-state index contributed by atoms with van der Waals surface area (Å²) in [4.78, 5) is 17.6. The zero-order valence-corrected chi connectivity index (χ0v) is 20.6. The van der Waals surface area contributed by atoms with Gasteiger partial charge in [0.15, 0.2) is 0 Å². The standard InChI is InChI=1S/C28H29F2N5O2/c1-34-15-18(13-33-34)20-9-17-3-2-6-35(25(17)12-23(20)27(29)30)19-10-21(16-4-7-37-8-5-16)26-22(11-19)24(14-32-26)28(31)36/h9-16,27,32H,2-8H2,1H3,(H2,31,36). The first-order valence-corrected chi connectivity index (χ1v) is 12.6. The molecule has 0 spiro atoms. The average Bonchev–Trinajstić information content (AvgIpc) is 3.54. The minimum absolute atomic E-state index is 0.0103. The number of rotatable bonds is 5. The molecule has 9 heteroatoms. The van der Waals surface area contributed by atoms with Crippen molar-refractivity contribution in [3.63, 3.8) is 0 Å². The van der Waals surface area contributed by atoms with E-state index in [2.05, 4.69) is 21.0 Å². The number of hydrogen-bond donors (Lipinski definition) is 2. The fourth-order valence-corrected chi connectivity index (χ4v) is 5.84. The molecule has 2 aromatic heterocycles. The Morgan fingerprint density at radius 1 is 1.22 bits per heavy atom. The predicted molar refractivity (Wildman–Crippen MR) is 139 cm³/mol. The number of nitrogens with two attached hydrogens (primary N) is 1. The number of primary amides is 1. The largest absolute Gasteiger partial charge is 0.381 e. The second-order valence-electron chi connectivity index (χ2n) is 9.94. The van der Waals surface area contributed by atoms with Gasteiger partial charge in [-0.3, -0.25) is 9.48 Å². The summed E-state index contributed by atoms with van der Waals surface area (Å²) in [6.07, 6.45) is 5.87. The summed E-state index contributed by atoms with van der Waals surface area (Å²) in [6, 6.07) is 7.63. The highest BCUT2D eigenvalue weighted by Gasteiger charge is 2.27. The number of fused-ring (bicyclic) bond motifs is 2. The number of nitrogens with zero attached hydrogens (tertiary/aromatic N) is 3. The molecule has 0 atom stereocenters. The molecule has 2 aromatic carbocycles. The van der Waals surface area contributed by atoms with E-state index in [1.165, 1.54) is 0 Å². The quantitative estimate of drug-likeness (QED) is 0.370. The number of anilines is 2. The van der Waals surface area contributed by atoms with Crippen molar-refractivity contribution < 1.29 is 18.3 Å². The third kappa shape index (κ3) is 4.17. The first-order chi connectivity index (χ1) is 17.9. The van der Waals surface area contributed by atoms with E-state index in [0.29, 0.717) is 36.4 Å². The van der Waals surface area contributed by atoms with Gasteiger partial charge in [-0.25, -0.2) is 8.78 Å². The van der Waals surface area contributed by atoms with Gasteiger partial charge < -0.3 is 20.4 Å². The van der Waals surface area contributed by atoms with Crippen molar-refractivity contribution >= 4 is 28.2 Å². The van der Waals surface area contributed by atoms with Gasteiger partial charge in [0.2, 0.25) is 0 Å². The van der Waals surface area contributed by atoms with E-state index in [0.717, 1.165) is 59.1 Å². The average molecular weight is 506 g/mol. The van der Waals surface area contributed by atoms with Gasteiger partial charge in [0.1, 0.15) is 0 Å². The van der Waals surface area contributed by atoms with E-state index in [1.807, 2.05) is 12.1 Å². The molecular weight excluding hydrogens is 476 g/mol. The first-order valence-electron chi connectivity index (χ1n) is 12.6. The highest BCUT2D eigenvalue weighted by molar-refractivity contribution is 6.08. The van der Waals surface area contributed by atoms with Crippen LogP contribution in [-0.2, 0) is 18.2 Å². The number of alkyl halides is 2. The SMILES string of the molecule is Cn1cc(-c2cc3c(cc2C(F)F)N(c2cc(C4CCOCC4)c4[nH]cc(C(N)=O)c4c2)CCC3)cn1. The Hall–Kier alpha value is -3.72. The number of aromatic amines is 1. The number of nitrogens with one attached hydrogen (secondary N) is 1. The van der Waals surface area contributed by atoms with Crippen molar-refractivity contribution in [2.24, 2.45) is 12.8 Å². The highest BCUT2D eigenvalue weighted by Crippen LogP contribution is 2.43. The smallest absolute Gasteiger partial charge is 0.264 e. The minimum Gasteiger partial charge on any atom is -0.381 e. The number of aromatic nitrogens is 3. The van der Waals surface area contributed by atoms with Gasteiger partial charge in [-0.1, -0.05) is 0 Å². The van der Waals surface area contributed by atoms with E-state index in [-0.39, 0.29) is 11.5 Å². The number of ether oxygens (including phenoxy) is 1. The Labute approximate surface area is 213 Å². The van der Waals surface area contributed by atoms with Gasteiger partial charge in [0.25, 0.3) is 12.3 Å². The molecule has 1 amide bonds. The lowest BCUT2D eigenvalue weighted by Gasteiger charge is -2.34. The highest BCUT2D eigenvalue weighted by atomic mass is 19.3.